The lowest BCUT2D eigenvalue weighted by atomic mass is 10.2. The Labute approximate surface area is 160 Å². The molecule has 0 bridgehead atoms. The van der Waals surface area contributed by atoms with E-state index in [9.17, 15) is 28.4 Å². The number of rotatable bonds is 7. The summed E-state index contributed by atoms with van der Waals surface area (Å²) in [6, 6.07) is 8.82. The highest BCUT2D eigenvalue weighted by molar-refractivity contribution is 7.92. The number of carbonyl (C=O) groups is 1. The van der Waals surface area contributed by atoms with Crippen LogP contribution in [0.3, 0.4) is 0 Å². The van der Waals surface area contributed by atoms with Crippen molar-refractivity contribution in [3.05, 3.63) is 52.6 Å². The lowest BCUT2D eigenvalue weighted by Gasteiger charge is -2.13. The van der Waals surface area contributed by atoms with Crippen LogP contribution in [0.1, 0.15) is 6.42 Å². The van der Waals surface area contributed by atoms with Gasteiger partial charge in [-0.25, -0.2) is 8.42 Å². The average molecular weight is 407 g/mol. The Morgan fingerprint density at radius 2 is 1.96 bits per heavy atom. The molecule has 3 N–H and O–H groups in total. The van der Waals surface area contributed by atoms with Gasteiger partial charge in [-0.3, -0.25) is 19.6 Å². The number of ether oxygens (including phenoxy) is 1. The fourth-order valence-electron chi connectivity index (χ4n) is 2.64. The zero-order chi connectivity index (χ0) is 20.5. The Hall–Kier alpha value is -3.34. The highest BCUT2D eigenvalue weighted by Crippen LogP contribution is 2.36. The van der Waals surface area contributed by atoms with Gasteiger partial charge in [0.1, 0.15) is 17.4 Å². The van der Waals surface area contributed by atoms with Gasteiger partial charge in [0.05, 0.1) is 23.4 Å². The molecule has 1 saturated carbocycles. The zero-order valence-electron chi connectivity index (χ0n) is 14.7. The zero-order valence-corrected chi connectivity index (χ0v) is 15.5. The molecular weight excluding hydrogens is 390 g/mol. The van der Waals surface area contributed by atoms with E-state index in [1.165, 1.54) is 19.2 Å². The van der Waals surface area contributed by atoms with Gasteiger partial charge in [0.2, 0.25) is 11.9 Å². The summed E-state index contributed by atoms with van der Waals surface area (Å²) in [5, 5.41) is 22.9. The summed E-state index contributed by atoms with van der Waals surface area (Å²) in [5.74, 6) is -1.49. The number of nitrogens with zero attached hydrogens (tertiary/aromatic N) is 1. The Kier molecular flexibility index (Phi) is 5.10. The van der Waals surface area contributed by atoms with Gasteiger partial charge in [-0.2, -0.15) is 0 Å². The van der Waals surface area contributed by atoms with Crippen molar-refractivity contribution < 1.29 is 28.0 Å². The topological polar surface area (TPSA) is 148 Å². The van der Waals surface area contributed by atoms with Crippen molar-refractivity contribution in [1.29, 1.82) is 0 Å². The Morgan fingerprint density at radius 1 is 1.25 bits per heavy atom. The van der Waals surface area contributed by atoms with Gasteiger partial charge >= 0.3 is 0 Å². The number of carbonyl (C=O) groups excluding carboxylic acids is 1. The van der Waals surface area contributed by atoms with E-state index in [0.29, 0.717) is 5.75 Å². The number of phenols is 1. The van der Waals surface area contributed by atoms with Gasteiger partial charge in [-0.05, 0) is 30.3 Å². The second kappa shape index (κ2) is 7.35. The van der Waals surface area contributed by atoms with E-state index in [1.54, 1.807) is 18.2 Å². The molecule has 10 nitrogen and oxygen atoms in total. The van der Waals surface area contributed by atoms with E-state index in [0.717, 1.165) is 12.1 Å². The van der Waals surface area contributed by atoms with Crippen LogP contribution in [0.4, 0.5) is 11.4 Å². The van der Waals surface area contributed by atoms with Crippen LogP contribution in [0, 0.1) is 16.0 Å². The van der Waals surface area contributed by atoms with E-state index in [4.69, 9.17) is 4.74 Å². The van der Waals surface area contributed by atoms with Gasteiger partial charge in [0, 0.05) is 11.3 Å². The number of para-hydroxylation sites is 2. The average Bonchev–Trinajstić information content (AvgIpc) is 3.45. The lowest BCUT2D eigenvalue weighted by Crippen LogP contribution is -2.19. The molecule has 2 aromatic rings. The minimum absolute atomic E-state index is 0.104. The molecule has 0 radical (unpaired) electrons. The third-order valence-electron chi connectivity index (χ3n) is 4.25. The van der Waals surface area contributed by atoms with Crippen LogP contribution in [0.2, 0.25) is 0 Å². The predicted octanol–water partition coefficient (Wildman–Crippen LogP) is 1.81. The smallest absolute Gasteiger partial charge is 0.262 e. The van der Waals surface area contributed by atoms with Crippen LogP contribution in [-0.4, -0.2) is 37.5 Å². The summed E-state index contributed by atoms with van der Waals surface area (Å²) >= 11 is 0. The molecule has 148 valence electrons. The van der Waals surface area contributed by atoms with Gasteiger partial charge in [0.15, 0.2) is 0 Å². The van der Waals surface area contributed by atoms with Crippen molar-refractivity contribution in [2.45, 2.75) is 17.4 Å². The molecule has 0 spiro atoms. The number of amides is 1. The van der Waals surface area contributed by atoms with Crippen molar-refractivity contribution in [3.8, 4) is 11.5 Å². The van der Waals surface area contributed by atoms with Crippen molar-refractivity contribution >= 4 is 27.3 Å². The molecule has 0 aromatic heterocycles. The molecule has 1 aliphatic rings. The highest BCUT2D eigenvalue weighted by atomic mass is 32.2. The number of hydrogen-bond donors (Lipinski definition) is 3. The maximum atomic E-state index is 12.7. The number of methoxy groups -OCH3 is 1. The first-order valence-corrected chi connectivity index (χ1v) is 9.64. The number of nitrogens with one attached hydrogen (secondary N) is 2. The molecular formula is C17H17N3O7S. The van der Waals surface area contributed by atoms with Gasteiger partial charge in [0.25, 0.3) is 10.0 Å². The number of hydrogen-bond acceptors (Lipinski definition) is 7. The number of benzene rings is 2. The van der Waals surface area contributed by atoms with Crippen molar-refractivity contribution in [3.63, 3.8) is 0 Å². The van der Waals surface area contributed by atoms with Crippen LogP contribution in [0.5, 0.6) is 11.5 Å². The third-order valence-corrected chi connectivity index (χ3v) is 5.61. The quantitative estimate of drug-likeness (QED) is 0.360. The van der Waals surface area contributed by atoms with E-state index in [1.807, 2.05) is 0 Å². The Balaban J connectivity index is 1.82. The highest BCUT2D eigenvalue weighted by Gasteiger charge is 2.53. The summed E-state index contributed by atoms with van der Waals surface area (Å²) < 4.78 is 32.8. The molecule has 1 fully saturated rings. The summed E-state index contributed by atoms with van der Waals surface area (Å²) in [5.41, 5.74) is 0.0670. The molecule has 28 heavy (non-hydrogen) atoms. The van der Waals surface area contributed by atoms with Crippen molar-refractivity contribution in [2.24, 2.45) is 5.92 Å². The van der Waals surface area contributed by atoms with Crippen LogP contribution in [0.25, 0.3) is 0 Å². The van der Waals surface area contributed by atoms with Crippen LogP contribution < -0.4 is 14.8 Å². The molecule has 0 saturated heterocycles. The van der Waals surface area contributed by atoms with Gasteiger partial charge < -0.3 is 15.2 Å². The SMILES string of the molecule is COc1ccccc1NS(=O)(=O)c1ccc(O)c(NC(=O)[C@@H]2C[C@H]2[N+](=O)[O-])c1. The standard InChI is InChI=1S/C17H17N3O7S/c1-27-16-5-3-2-4-12(16)19-28(25,26)10-6-7-15(21)13(8-10)18-17(22)11-9-14(11)20(23)24/h2-8,11,14,19,21H,9H2,1H3,(H,18,22)/t11-,14-/m1/s1. The summed E-state index contributed by atoms with van der Waals surface area (Å²) in [7, 11) is -2.65. The number of sulfonamides is 1. The molecule has 3 rings (SSSR count). The predicted molar refractivity (Wildman–Crippen MR) is 99.4 cm³/mol. The van der Waals surface area contributed by atoms with Crippen molar-refractivity contribution in [1.82, 2.24) is 0 Å². The molecule has 1 amide bonds. The second-order valence-corrected chi connectivity index (χ2v) is 7.85. The fourth-order valence-corrected chi connectivity index (χ4v) is 3.73. The summed E-state index contributed by atoms with van der Waals surface area (Å²) in [6.07, 6.45) is 0.104. The monoisotopic (exact) mass is 407 g/mol. The first-order chi connectivity index (χ1) is 13.2. The van der Waals surface area contributed by atoms with E-state index >= 15 is 0 Å². The molecule has 0 unspecified atom stereocenters. The number of aromatic hydroxyl groups is 1. The number of phenolic OH excluding ortho intramolecular Hbond substituents is 1. The first kappa shape index (κ1) is 19.4. The molecule has 11 heteroatoms. The normalized spacial score (nSPS) is 18.2. The van der Waals surface area contributed by atoms with Crippen molar-refractivity contribution in [2.75, 3.05) is 17.1 Å². The second-order valence-electron chi connectivity index (χ2n) is 6.17. The number of nitro groups is 1. The van der Waals surface area contributed by atoms with Gasteiger partial charge in [-0.1, -0.05) is 12.1 Å². The largest absolute Gasteiger partial charge is 0.506 e. The maximum absolute atomic E-state index is 12.7. The van der Waals surface area contributed by atoms with Gasteiger partial charge in [-0.15, -0.1) is 0 Å². The summed E-state index contributed by atoms with van der Waals surface area (Å²) in [4.78, 5) is 22.0. The first-order valence-electron chi connectivity index (χ1n) is 8.16. The van der Waals surface area contributed by atoms with E-state index in [2.05, 4.69) is 10.0 Å². The Morgan fingerprint density at radius 3 is 2.61 bits per heavy atom. The molecule has 1 aliphatic carbocycles. The fraction of sp³-hybridized carbons (Fsp3) is 0.235. The molecule has 0 aliphatic heterocycles. The molecule has 2 atom stereocenters. The molecule has 2 aromatic carbocycles. The molecule has 0 heterocycles. The minimum atomic E-state index is -4.05. The van der Waals surface area contributed by atoms with Crippen LogP contribution in [0.15, 0.2) is 47.4 Å². The summed E-state index contributed by atoms with van der Waals surface area (Å²) in [6.45, 7) is 0. The minimum Gasteiger partial charge on any atom is -0.506 e. The number of anilines is 2. The van der Waals surface area contributed by atoms with E-state index < -0.39 is 32.8 Å². The maximum Gasteiger partial charge on any atom is 0.262 e. The van der Waals surface area contributed by atoms with E-state index in [-0.39, 0.29) is 28.4 Å². The Bertz CT molecular complexity index is 1040. The van der Waals surface area contributed by atoms with Crippen LogP contribution >= 0.6 is 0 Å². The van der Waals surface area contributed by atoms with Crippen LogP contribution in [-0.2, 0) is 14.8 Å². The lowest BCUT2D eigenvalue weighted by molar-refractivity contribution is -0.497. The third kappa shape index (κ3) is 3.98.